The van der Waals surface area contributed by atoms with Crippen molar-refractivity contribution in [1.82, 2.24) is 15.2 Å². The molecule has 3 heterocycles. The van der Waals surface area contributed by atoms with E-state index in [0.717, 1.165) is 10.6 Å². The van der Waals surface area contributed by atoms with Gasteiger partial charge in [-0.15, -0.1) is 11.3 Å². The van der Waals surface area contributed by atoms with E-state index in [4.69, 9.17) is 0 Å². The number of carbonyl (C=O) groups excluding carboxylic acids is 1. The third-order valence-corrected chi connectivity index (χ3v) is 7.48. The van der Waals surface area contributed by atoms with Crippen LogP contribution in [0.4, 0.5) is 0 Å². The predicted octanol–water partition coefficient (Wildman–Crippen LogP) is 0.365. The number of nitrogens with one attached hydrogen (secondary N) is 1. The average Bonchev–Trinajstić information content (AvgIpc) is 2.99. The van der Waals surface area contributed by atoms with E-state index in [1.807, 2.05) is 0 Å². The number of amides is 1. The molecule has 2 atom stereocenters. The van der Waals surface area contributed by atoms with Crippen LogP contribution in [0, 0.1) is 0 Å². The zero-order valence-corrected chi connectivity index (χ0v) is 13.5. The zero-order chi connectivity index (χ0) is 15.0. The van der Waals surface area contributed by atoms with Gasteiger partial charge in [0, 0.05) is 19.5 Å². The van der Waals surface area contributed by atoms with Crippen molar-refractivity contribution >= 4 is 27.1 Å². The van der Waals surface area contributed by atoms with E-state index in [1.54, 1.807) is 17.5 Å². The lowest BCUT2D eigenvalue weighted by Crippen LogP contribution is -2.43. The number of likely N-dealkylation sites (N-methyl/N-ethyl adjacent to an activating group) is 1. The molecule has 3 rings (SSSR count). The fraction of sp³-hybridized carbons (Fsp3) is 0.692. The van der Waals surface area contributed by atoms with Crippen molar-refractivity contribution in [2.75, 3.05) is 25.9 Å². The predicted molar refractivity (Wildman–Crippen MR) is 81.0 cm³/mol. The summed E-state index contributed by atoms with van der Waals surface area (Å²) in [5, 5.41) is 2.64. The Morgan fingerprint density at radius 2 is 2.33 bits per heavy atom. The number of nitrogens with zero attached hydrogens (tertiary/aromatic N) is 2. The first-order valence-electron chi connectivity index (χ1n) is 7.13. The molecule has 0 saturated carbocycles. The van der Waals surface area contributed by atoms with Crippen LogP contribution in [0.2, 0.25) is 0 Å². The molecular formula is C13H19N3O3S2. The first-order chi connectivity index (χ1) is 10.0. The van der Waals surface area contributed by atoms with Crippen molar-refractivity contribution < 1.29 is 13.2 Å². The van der Waals surface area contributed by atoms with Crippen LogP contribution in [-0.2, 0) is 21.1 Å². The Morgan fingerprint density at radius 3 is 3.00 bits per heavy atom. The number of aromatic nitrogens is 1. The van der Waals surface area contributed by atoms with Crippen LogP contribution in [0.3, 0.4) is 0 Å². The fourth-order valence-corrected chi connectivity index (χ4v) is 5.87. The molecule has 116 valence electrons. The number of hydrogen-bond donors (Lipinski definition) is 1. The number of fused-ring (bicyclic) bond motifs is 1. The first kappa shape index (κ1) is 14.9. The summed E-state index contributed by atoms with van der Waals surface area (Å²) in [6, 6.07) is -0.404. The summed E-state index contributed by atoms with van der Waals surface area (Å²) in [4.78, 5) is 19.7. The van der Waals surface area contributed by atoms with Gasteiger partial charge in [-0.3, -0.25) is 4.79 Å². The lowest BCUT2D eigenvalue weighted by Gasteiger charge is -2.26. The van der Waals surface area contributed by atoms with E-state index in [-0.39, 0.29) is 11.7 Å². The van der Waals surface area contributed by atoms with Gasteiger partial charge in [0.05, 0.1) is 27.1 Å². The molecular weight excluding hydrogens is 310 g/mol. The molecule has 0 bridgehead atoms. The molecule has 2 unspecified atom stereocenters. The molecule has 1 aromatic heterocycles. The quantitative estimate of drug-likeness (QED) is 0.866. The molecule has 1 amide bonds. The van der Waals surface area contributed by atoms with Crippen LogP contribution >= 0.6 is 11.3 Å². The monoisotopic (exact) mass is 329 g/mol. The minimum atomic E-state index is -3.03. The summed E-state index contributed by atoms with van der Waals surface area (Å²) >= 11 is 1.48. The Kier molecular flexibility index (Phi) is 4.02. The van der Waals surface area contributed by atoms with Crippen molar-refractivity contribution in [3.8, 4) is 0 Å². The van der Waals surface area contributed by atoms with Crippen LogP contribution in [0.25, 0.3) is 0 Å². The van der Waals surface area contributed by atoms with E-state index in [1.165, 1.54) is 11.3 Å². The summed E-state index contributed by atoms with van der Waals surface area (Å²) in [6.07, 6.45) is 2.06. The van der Waals surface area contributed by atoms with Gasteiger partial charge < -0.3 is 10.2 Å². The zero-order valence-electron chi connectivity index (χ0n) is 11.9. The van der Waals surface area contributed by atoms with Crippen molar-refractivity contribution in [3.05, 3.63) is 16.1 Å². The minimum Gasteiger partial charge on any atom is -0.339 e. The maximum absolute atomic E-state index is 12.7. The second-order valence-electron chi connectivity index (χ2n) is 5.55. The van der Waals surface area contributed by atoms with E-state index in [2.05, 4.69) is 10.3 Å². The highest BCUT2D eigenvalue weighted by atomic mass is 32.2. The largest absolute Gasteiger partial charge is 0.339 e. The second-order valence-corrected chi connectivity index (χ2v) is 8.84. The minimum absolute atomic E-state index is 0.0393. The molecule has 0 aromatic carbocycles. The second kappa shape index (κ2) is 5.66. The van der Waals surface area contributed by atoms with Gasteiger partial charge in [0.15, 0.2) is 9.84 Å². The number of carbonyl (C=O) groups is 1. The van der Waals surface area contributed by atoms with Gasteiger partial charge in [0.2, 0.25) is 5.91 Å². The first-order valence-corrected chi connectivity index (χ1v) is 9.72. The van der Waals surface area contributed by atoms with Crippen molar-refractivity contribution in [2.24, 2.45) is 0 Å². The standard InChI is InChI=1S/C13H19N3O3S2/c1-14-11-12-10(15-8-20-12)4-5-16(13(11)17)7-9-3-2-6-21(9,18)19/h8-9,11,14H,2-7H2,1H3. The van der Waals surface area contributed by atoms with E-state index < -0.39 is 21.1 Å². The summed E-state index contributed by atoms with van der Waals surface area (Å²) in [5.41, 5.74) is 2.71. The van der Waals surface area contributed by atoms with Crippen LogP contribution in [0.1, 0.15) is 29.5 Å². The molecule has 2 aliphatic rings. The van der Waals surface area contributed by atoms with E-state index >= 15 is 0 Å². The van der Waals surface area contributed by atoms with Crippen LogP contribution < -0.4 is 5.32 Å². The third kappa shape index (κ3) is 2.72. The molecule has 0 spiro atoms. The molecule has 1 saturated heterocycles. The summed E-state index contributed by atoms with van der Waals surface area (Å²) in [6.45, 7) is 0.855. The molecule has 0 radical (unpaired) electrons. The summed E-state index contributed by atoms with van der Waals surface area (Å²) in [7, 11) is -1.28. The Balaban J connectivity index is 1.82. The lowest BCUT2D eigenvalue weighted by atomic mass is 10.2. The Bertz CT molecular complexity index is 641. The Labute approximate surface area is 128 Å². The lowest BCUT2D eigenvalue weighted by molar-refractivity contribution is -0.133. The third-order valence-electron chi connectivity index (χ3n) is 4.29. The molecule has 8 heteroatoms. The van der Waals surface area contributed by atoms with Gasteiger partial charge in [-0.05, 0) is 19.9 Å². The fourth-order valence-electron chi connectivity index (χ4n) is 3.09. The van der Waals surface area contributed by atoms with Crippen LogP contribution in [-0.4, -0.2) is 55.3 Å². The molecule has 1 fully saturated rings. The molecule has 1 aromatic rings. The SMILES string of the molecule is CNC1C(=O)N(CC2CCCS2(=O)=O)CCc2ncsc21. The van der Waals surface area contributed by atoms with E-state index in [0.29, 0.717) is 32.4 Å². The van der Waals surface area contributed by atoms with Gasteiger partial charge in [0.1, 0.15) is 6.04 Å². The smallest absolute Gasteiger partial charge is 0.245 e. The highest BCUT2D eigenvalue weighted by Crippen LogP contribution is 2.29. The highest BCUT2D eigenvalue weighted by Gasteiger charge is 2.37. The Hall–Kier alpha value is -0.990. The van der Waals surface area contributed by atoms with E-state index in [9.17, 15) is 13.2 Å². The molecule has 0 aliphatic carbocycles. The van der Waals surface area contributed by atoms with Gasteiger partial charge in [-0.25, -0.2) is 13.4 Å². The number of rotatable bonds is 3. The molecule has 2 aliphatic heterocycles. The Morgan fingerprint density at radius 1 is 1.52 bits per heavy atom. The number of hydrogen-bond acceptors (Lipinski definition) is 6. The maximum atomic E-state index is 12.7. The van der Waals surface area contributed by atoms with Crippen LogP contribution in [0.15, 0.2) is 5.51 Å². The van der Waals surface area contributed by atoms with Gasteiger partial charge >= 0.3 is 0 Å². The summed E-state index contributed by atoms with van der Waals surface area (Å²) < 4.78 is 24.0. The normalized spacial score (nSPS) is 28.4. The van der Waals surface area contributed by atoms with Gasteiger partial charge in [-0.1, -0.05) is 0 Å². The number of thiazole rings is 1. The van der Waals surface area contributed by atoms with Crippen molar-refractivity contribution in [3.63, 3.8) is 0 Å². The number of sulfone groups is 1. The van der Waals surface area contributed by atoms with Gasteiger partial charge in [0.25, 0.3) is 0 Å². The van der Waals surface area contributed by atoms with Crippen LogP contribution in [0.5, 0.6) is 0 Å². The summed E-state index contributed by atoms with van der Waals surface area (Å²) in [5.74, 6) is 0.215. The average molecular weight is 329 g/mol. The topological polar surface area (TPSA) is 79.4 Å². The van der Waals surface area contributed by atoms with Crippen molar-refractivity contribution in [2.45, 2.75) is 30.6 Å². The molecule has 1 N–H and O–H groups in total. The van der Waals surface area contributed by atoms with Gasteiger partial charge in [-0.2, -0.15) is 0 Å². The maximum Gasteiger partial charge on any atom is 0.245 e. The van der Waals surface area contributed by atoms with Crippen molar-refractivity contribution in [1.29, 1.82) is 0 Å². The molecule has 6 nitrogen and oxygen atoms in total. The molecule has 21 heavy (non-hydrogen) atoms. The highest BCUT2D eigenvalue weighted by molar-refractivity contribution is 7.92.